The molecule has 0 saturated carbocycles. The molecule has 1 heterocycles. The lowest BCUT2D eigenvalue weighted by atomic mass is 10.1. The third-order valence-corrected chi connectivity index (χ3v) is 6.26. The first-order valence-electron chi connectivity index (χ1n) is 8.41. The van der Waals surface area contributed by atoms with Gasteiger partial charge in [-0.15, -0.1) is 0 Å². The van der Waals surface area contributed by atoms with Crippen molar-refractivity contribution in [3.8, 4) is 0 Å². The van der Waals surface area contributed by atoms with Crippen LogP contribution in [-0.2, 0) is 16.3 Å². The molecular weight excluding hydrogens is 362 g/mol. The van der Waals surface area contributed by atoms with Gasteiger partial charge < -0.3 is 15.1 Å². The summed E-state index contributed by atoms with van der Waals surface area (Å²) in [4.78, 5) is 16.2. The number of carbonyl (C=O) groups is 1. The Morgan fingerprint density at radius 1 is 1.32 bits per heavy atom. The minimum absolute atomic E-state index is 0.0577. The van der Waals surface area contributed by atoms with Crippen LogP contribution in [0, 0.1) is 0 Å². The number of nitrogens with zero attached hydrogens (tertiary/aromatic N) is 2. The van der Waals surface area contributed by atoms with Gasteiger partial charge in [0.2, 0.25) is 0 Å². The first kappa shape index (κ1) is 20.0. The first-order chi connectivity index (χ1) is 11.8. The summed E-state index contributed by atoms with van der Waals surface area (Å²) >= 11 is 5.96. The molecule has 1 N–H and O–H groups in total. The van der Waals surface area contributed by atoms with Gasteiger partial charge in [0.05, 0.1) is 11.5 Å². The third kappa shape index (κ3) is 6.49. The molecule has 1 unspecified atom stereocenters. The van der Waals surface area contributed by atoms with Crippen molar-refractivity contribution in [1.29, 1.82) is 0 Å². The molecule has 2 amide bonds. The lowest BCUT2D eigenvalue weighted by Crippen LogP contribution is -2.49. The van der Waals surface area contributed by atoms with Crippen molar-refractivity contribution in [3.63, 3.8) is 0 Å². The normalized spacial score (nSPS) is 19.1. The largest absolute Gasteiger partial charge is 0.338 e. The van der Waals surface area contributed by atoms with Crippen LogP contribution in [0.1, 0.15) is 12.0 Å². The minimum atomic E-state index is -3.03. The average molecular weight is 388 g/mol. The number of sulfone groups is 1. The van der Waals surface area contributed by atoms with Gasteiger partial charge in [0.1, 0.15) is 0 Å². The van der Waals surface area contributed by atoms with E-state index in [1.807, 2.05) is 43.3 Å². The Bertz CT molecular complexity index is 694. The number of benzene rings is 1. The molecule has 1 atom stereocenters. The predicted molar refractivity (Wildman–Crippen MR) is 101 cm³/mol. The van der Waals surface area contributed by atoms with Gasteiger partial charge in [-0.25, -0.2) is 13.2 Å². The second-order valence-corrected chi connectivity index (χ2v) is 9.33. The summed E-state index contributed by atoms with van der Waals surface area (Å²) in [6.45, 7) is 1.69. The van der Waals surface area contributed by atoms with Gasteiger partial charge >= 0.3 is 6.03 Å². The Balaban J connectivity index is 1.92. The highest BCUT2D eigenvalue weighted by molar-refractivity contribution is 7.91. The Kier molecular flexibility index (Phi) is 7.10. The molecule has 140 valence electrons. The molecule has 1 aliphatic rings. The molecule has 8 heteroatoms. The minimum Gasteiger partial charge on any atom is -0.338 e. The van der Waals surface area contributed by atoms with E-state index in [2.05, 4.69) is 5.32 Å². The highest BCUT2D eigenvalue weighted by atomic mass is 35.5. The number of hydrogen-bond acceptors (Lipinski definition) is 4. The second-order valence-electron chi connectivity index (χ2n) is 6.67. The highest BCUT2D eigenvalue weighted by Gasteiger charge is 2.34. The van der Waals surface area contributed by atoms with Gasteiger partial charge in [0, 0.05) is 30.7 Å². The van der Waals surface area contributed by atoms with Crippen molar-refractivity contribution in [2.75, 3.05) is 45.2 Å². The monoisotopic (exact) mass is 387 g/mol. The summed E-state index contributed by atoms with van der Waals surface area (Å²) in [5.74, 6) is 0.216. The quantitative estimate of drug-likeness (QED) is 0.772. The van der Waals surface area contributed by atoms with Crippen molar-refractivity contribution in [2.24, 2.45) is 0 Å². The van der Waals surface area contributed by atoms with E-state index in [4.69, 9.17) is 11.6 Å². The van der Waals surface area contributed by atoms with E-state index in [1.165, 1.54) is 0 Å². The zero-order valence-electron chi connectivity index (χ0n) is 14.7. The number of rotatable bonds is 7. The molecule has 0 aromatic heterocycles. The van der Waals surface area contributed by atoms with Crippen LogP contribution in [0.15, 0.2) is 24.3 Å². The van der Waals surface area contributed by atoms with Crippen LogP contribution in [0.5, 0.6) is 0 Å². The number of hydrogen-bond donors (Lipinski definition) is 1. The zero-order valence-corrected chi connectivity index (χ0v) is 16.3. The topological polar surface area (TPSA) is 69.7 Å². The van der Waals surface area contributed by atoms with Crippen molar-refractivity contribution in [2.45, 2.75) is 18.9 Å². The van der Waals surface area contributed by atoms with Crippen molar-refractivity contribution >= 4 is 27.5 Å². The number of amides is 2. The van der Waals surface area contributed by atoms with Crippen molar-refractivity contribution in [3.05, 3.63) is 34.9 Å². The third-order valence-electron chi connectivity index (χ3n) is 4.28. The zero-order chi connectivity index (χ0) is 18.4. The molecule has 0 spiro atoms. The van der Waals surface area contributed by atoms with Gasteiger partial charge in [0.25, 0.3) is 0 Å². The molecule has 1 fully saturated rings. The Morgan fingerprint density at radius 2 is 2.08 bits per heavy atom. The van der Waals surface area contributed by atoms with Crippen LogP contribution in [0.2, 0.25) is 5.02 Å². The summed E-state index contributed by atoms with van der Waals surface area (Å²) in [7, 11) is 0.832. The second kappa shape index (κ2) is 8.87. The molecule has 2 rings (SSSR count). The van der Waals surface area contributed by atoms with Crippen molar-refractivity contribution in [1.82, 2.24) is 15.1 Å². The first-order valence-corrected chi connectivity index (χ1v) is 10.6. The summed E-state index contributed by atoms with van der Waals surface area (Å²) < 4.78 is 23.5. The van der Waals surface area contributed by atoms with Crippen LogP contribution < -0.4 is 5.32 Å². The lowest BCUT2D eigenvalue weighted by molar-refractivity contribution is 0.173. The summed E-state index contributed by atoms with van der Waals surface area (Å²) in [5, 5.41) is 3.58. The summed E-state index contributed by atoms with van der Waals surface area (Å²) in [6, 6.07) is 7.09. The maximum Gasteiger partial charge on any atom is 0.317 e. The Morgan fingerprint density at radius 3 is 2.68 bits per heavy atom. The van der Waals surface area contributed by atoms with Crippen LogP contribution >= 0.6 is 11.6 Å². The number of urea groups is 1. The van der Waals surface area contributed by atoms with E-state index >= 15 is 0 Å². The molecule has 1 saturated heterocycles. The van der Waals surface area contributed by atoms with E-state index in [1.54, 1.807) is 4.90 Å². The maximum atomic E-state index is 12.6. The number of carbonyl (C=O) groups excluding carboxylic acids is 1. The summed E-state index contributed by atoms with van der Waals surface area (Å²) in [5.41, 5.74) is 1.05. The van der Waals surface area contributed by atoms with Gasteiger partial charge in [-0.1, -0.05) is 23.7 Å². The van der Waals surface area contributed by atoms with E-state index in [9.17, 15) is 13.2 Å². The molecule has 25 heavy (non-hydrogen) atoms. The number of likely N-dealkylation sites (N-methyl/N-ethyl adjacent to an activating group) is 1. The fourth-order valence-electron chi connectivity index (χ4n) is 2.89. The SMILES string of the molecule is CN(C)CCN(C(=O)NCCc1cccc(Cl)c1)C1CCS(=O)(=O)C1. The number of nitrogens with one attached hydrogen (secondary N) is 1. The predicted octanol–water partition coefficient (Wildman–Crippen LogP) is 1.64. The molecule has 1 aromatic carbocycles. The number of halogens is 1. The van der Waals surface area contributed by atoms with Crippen LogP contribution in [-0.4, -0.2) is 75.5 Å². The molecular formula is C17H26ClN3O3S. The van der Waals surface area contributed by atoms with Gasteiger partial charge in [-0.2, -0.15) is 0 Å². The van der Waals surface area contributed by atoms with E-state index in [0.29, 0.717) is 37.5 Å². The van der Waals surface area contributed by atoms with Gasteiger partial charge in [0.15, 0.2) is 9.84 Å². The van der Waals surface area contributed by atoms with Crippen LogP contribution in [0.25, 0.3) is 0 Å². The van der Waals surface area contributed by atoms with Crippen molar-refractivity contribution < 1.29 is 13.2 Å². The highest BCUT2D eigenvalue weighted by Crippen LogP contribution is 2.18. The van der Waals surface area contributed by atoms with Crippen LogP contribution in [0.4, 0.5) is 4.79 Å². The van der Waals surface area contributed by atoms with E-state index < -0.39 is 9.84 Å². The smallest absolute Gasteiger partial charge is 0.317 e. The molecule has 0 bridgehead atoms. The van der Waals surface area contributed by atoms with Gasteiger partial charge in [-0.3, -0.25) is 0 Å². The molecule has 1 aliphatic heterocycles. The Hall–Kier alpha value is -1.31. The fraction of sp³-hybridized carbons (Fsp3) is 0.588. The van der Waals surface area contributed by atoms with Crippen LogP contribution in [0.3, 0.4) is 0 Å². The maximum absolute atomic E-state index is 12.6. The average Bonchev–Trinajstić information content (AvgIpc) is 2.87. The van der Waals surface area contributed by atoms with E-state index in [-0.39, 0.29) is 23.6 Å². The lowest BCUT2D eigenvalue weighted by Gasteiger charge is -2.29. The molecule has 6 nitrogen and oxygen atoms in total. The standard InChI is InChI=1S/C17H26ClN3O3S/c1-20(2)9-10-21(16-7-11-25(23,24)13-16)17(22)19-8-6-14-4-3-5-15(18)12-14/h3-5,12,16H,6-11,13H2,1-2H3,(H,19,22). The molecule has 1 aromatic rings. The Labute approximate surface area is 155 Å². The summed E-state index contributed by atoms with van der Waals surface area (Å²) in [6.07, 6.45) is 1.19. The molecule has 0 aliphatic carbocycles. The fourth-order valence-corrected chi connectivity index (χ4v) is 4.83. The molecule has 0 radical (unpaired) electrons. The van der Waals surface area contributed by atoms with Gasteiger partial charge in [-0.05, 0) is 44.6 Å². The van der Waals surface area contributed by atoms with E-state index in [0.717, 1.165) is 5.56 Å².